The lowest BCUT2D eigenvalue weighted by atomic mass is 10.1. The molecule has 0 aromatic heterocycles. The summed E-state index contributed by atoms with van der Waals surface area (Å²) in [7, 11) is 0. The van der Waals surface area contributed by atoms with Crippen molar-refractivity contribution in [2.75, 3.05) is 31.5 Å². The number of alkyl halides is 5. The zero-order valence-electron chi connectivity index (χ0n) is 17.6. The van der Waals surface area contributed by atoms with Gasteiger partial charge in [0.25, 0.3) is 5.91 Å². The van der Waals surface area contributed by atoms with Gasteiger partial charge in [0.1, 0.15) is 5.75 Å². The second-order valence-electron chi connectivity index (χ2n) is 7.44. The van der Waals surface area contributed by atoms with Gasteiger partial charge in [-0.2, -0.15) is 22.0 Å². The van der Waals surface area contributed by atoms with Crippen LogP contribution in [-0.4, -0.2) is 60.4 Å². The van der Waals surface area contributed by atoms with E-state index in [1.165, 1.54) is 35.2 Å². The molecule has 0 aliphatic carbocycles. The summed E-state index contributed by atoms with van der Waals surface area (Å²) in [6.07, 6.45) is -4.46. The molecule has 0 saturated carbocycles. The van der Waals surface area contributed by atoms with E-state index in [0.29, 0.717) is 13.1 Å². The molecule has 0 radical (unpaired) electrons. The van der Waals surface area contributed by atoms with Gasteiger partial charge in [-0.1, -0.05) is 12.1 Å². The minimum Gasteiger partial charge on any atom is -0.434 e. The summed E-state index contributed by atoms with van der Waals surface area (Å²) in [5.74, 6) is -1.05. The van der Waals surface area contributed by atoms with E-state index in [1.54, 1.807) is 13.0 Å². The number of anilines is 1. The molecule has 6 nitrogen and oxygen atoms in total. The minimum absolute atomic E-state index is 0.0272. The van der Waals surface area contributed by atoms with Gasteiger partial charge in [0, 0.05) is 31.9 Å². The number of amides is 2. The van der Waals surface area contributed by atoms with Crippen LogP contribution in [0.15, 0.2) is 48.5 Å². The molecule has 0 spiro atoms. The van der Waals surface area contributed by atoms with Crippen molar-refractivity contribution in [3.63, 3.8) is 0 Å². The average Bonchev–Trinajstić information content (AvgIpc) is 2.78. The average molecular weight is 471 g/mol. The number of nitrogens with zero attached hydrogens (tertiary/aromatic N) is 2. The Labute approximate surface area is 186 Å². The molecule has 33 heavy (non-hydrogen) atoms. The van der Waals surface area contributed by atoms with Crippen LogP contribution in [0.3, 0.4) is 0 Å². The third kappa shape index (κ3) is 6.19. The van der Waals surface area contributed by atoms with E-state index >= 15 is 0 Å². The number of piperazine rings is 1. The first-order valence-electron chi connectivity index (χ1n) is 10.1. The van der Waals surface area contributed by atoms with Crippen LogP contribution in [0.1, 0.15) is 22.8 Å². The summed E-state index contributed by atoms with van der Waals surface area (Å²) in [4.78, 5) is 28.6. The molecule has 11 heteroatoms. The van der Waals surface area contributed by atoms with Gasteiger partial charge in [-0.3, -0.25) is 14.5 Å². The zero-order chi connectivity index (χ0) is 24.2. The van der Waals surface area contributed by atoms with Crippen molar-refractivity contribution in [1.29, 1.82) is 0 Å². The highest BCUT2D eigenvalue weighted by Crippen LogP contribution is 2.30. The van der Waals surface area contributed by atoms with E-state index in [4.69, 9.17) is 0 Å². The van der Waals surface area contributed by atoms with Gasteiger partial charge in [0.15, 0.2) is 0 Å². The maximum atomic E-state index is 12.8. The number of benzene rings is 2. The predicted molar refractivity (Wildman–Crippen MR) is 110 cm³/mol. The fourth-order valence-corrected chi connectivity index (χ4v) is 3.48. The molecule has 2 aromatic rings. The Balaban J connectivity index is 1.56. The van der Waals surface area contributed by atoms with Gasteiger partial charge >= 0.3 is 12.8 Å². The van der Waals surface area contributed by atoms with Crippen LogP contribution in [0.2, 0.25) is 0 Å². The Morgan fingerprint density at radius 3 is 2.15 bits per heavy atom. The lowest BCUT2D eigenvalue weighted by Gasteiger charge is -2.37. The highest BCUT2D eigenvalue weighted by molar-refractivity contribution is 5.97. The molecule has 0 bridgehead atoms. The monoisotopic (exact) mass is 471 g/mol. The van der Waals surface area contributed by atoms with Crippen molar-refractivity contribution in [3.8, 4) is 5.75 Å². The van der Waals surface area contributed by atoms with Crippen molar-refractivity contribution < 1.29 is 36.3 Å². The van der Waals surface area contributed by atoms with Gasteiger partial charge < -0.3 is 15.0 Å². The summed E-state index contributed by atoms with van der Waals surface area (Å²) in [6.45, 7) is -0.168. The fourth-order valence-electron chi connectivity index (χ4n) is 3.48. The normalized spacial score (nSPS) is 15.9. The second-order valence-corrected chi connectivity index (χ2v) is 7.44. The van der Waals surface area contributed by atoms with Crippen LogP contribution >= 0.6 is 0 Å². The van der Waals surface area contributed by atoms with E-state index in [0.717, 1.165) is 12.1 Å². The molecular formula is C22H22F5N3O3. The second kappa shape index (κ2) is 10.2. The molecular weight excluding hydrogens is 449 g/mol. The Bertz CT molecular complexity index is 974. The molecule has 1 atom stereocenters. The molecule has 1 unspecified atom stereocenters. The number of para-hydroxylation sites is 1. The van der Waals surface area contributed by atoms with E-state index in [1.807, 2.05) is 4.90 Å². The Hall–Kier alpha value is -3.21. The van der Waals surface area contributed by atoms with Crippen LogP contribution in [0.5, 0.6) is 5.75 Å². The molecule has 1 N–H and O–H groups in total. The Kier molecular flexibility index (Phi) is 7.52. The smallest absolute Gasteiger partial charge is 0.416 e. The number of carbonyl (C=O) groups excluding carboxylic acids is 2. The zero-order valence-corrected chi connectivity index (χ0v) is 17.6. The summed E-state index contributed by atoms with van der Waals surface area (Å²) >= 11 is 0. The minimum atomic E-state index is -4.46. The third-order valence-electron chi connectivity index (χ3n) is 5.34. The molecule has 2 aromatic carbocycles. The summed E-state index contributed by atoms with van der Waals surface area (Å²) in [5, 5.41) is 2.59. The predicted octanol–water partition coefficient (Wildman–Crippen LogP) is 4.09. The van der Waals surface area contributed by atoms with Gasteiger partial charge in [-0.05, 0) is 43.3 Å². The number of hydrogen-bond donors (Lipinski definition) is 1. The maximum Gasteiger partial charge on any atom is 0.416 e. The maximum absolute atomic E-state index is 12.8. The van der Waals surface area contributed by atoms with E-state index < -0.39 is 36.2 Å². The van der Waals surface area contributed by atoms with Crippen LogP contribution < -0.4 is 10.1 Å². The molecule has 1 fully saturated rings. The third-order valence-corrected chi connectivity index (χ3v) is 5.34. The number of halogens is 5. The first kappa shape index (κ1) is 24.4. The quantitative estimate of drug-likeness (QED) is 0.645. The summed E-state index contributed by atoms with van der Waals surface area (Å²) in [5.41, 5.74) is -0.543. The number of nitrogens with one attached hydrogen (secondary N) is 1. The van der Waals surface area contributed by atoms with Crippen molar-refractivity contribution in [2.24, 2.45) is 0 Å². The highest BCUT2D eigenvalue weighted by atomic mass is 19.4. The van der Waals surface area contributed by atoms with Crippen LogP contribution in [0.25, 0.3) is 0 Å². The number of carbonyl (C=O) groups is 2. The summed E-state index contributed by atoms with van der Waals surface area (Å²) < 4.78 is 67.6. The largest absolute Gasteiger partial charge is 0.434 e. The summed E-state index contributed by atoms with van der Waals surface area (Å²) in [6, 6.07) is 9.29. The molecule has 1 saturated heterocycles. The van der Waals surface area contributed by atoms with Crippen molar-refractivity contribution >= 4 is 17.5 Å². The van der Waals surface area contributed by atoms with Crippen molar-refractivity contribution in [3.05, 3.63) is 59.7 Å². The molecule has 2 amide bonds. The Morgan fingerprint density at radius 1 is 0.970 bits per heavy atom. The van der Waals surface area contributed by atoms with E-state index in [9.17, 15) is 31.5 Å². The topological polar surface area (TPSA) is 61.9 Å². The van der Waals surface area contributed by atoms with Gasteiger partial charge in [-0.25, -0.2) is 0 Å². The number of ether oxygens (including phenoxy) is 1. The fraction of sp³-hybridized carbons (Fsp3) is 0.364. The molecule has 178 valence electrons. The van der Waals surface area contributed by atoms with Crippen LogP contribution in [0, 0.1) is 0 Å². The SMILES string of the molecule is CC(C(=O)Nc1ccc(C(F)(F)F)cc1)N1CCN(C(=O)c2ccccc2OC(F)F)CC1. The van der Waals surface area contributed by atoms with Gasteiger partial charge in [0.2, 0.25) is 5.91 Å². The lowest BCUT2D eigenvalue weighted by Crippen LogP contribution is -2.54. The van der Waals surface area contributed by atoms with Gasteiger partial charge in [0.05, 0.1) is 17.2 Å². The van der Waals surface area contributed by atoms with E-state index in [2.05, 4.69) is 10.1 Å². The Morgan fingerprint density at radius 2 is 1.58 bits per heavy atom. The van der Waals surface area contributed by atoms with Crippen molar-refractivity contribution in [2.45, 2.75) is 25.8 Å². The van der Waals surface area contributed by atoms with Crippen LogP contribution in [0.4, 0.5) is 27.6 Å². The highest BCUT2D eigenvalue weighted by Gasteiger charge is 2.31. The number of rotatable bonds is 6. The van der Waals surface area contributed by atoms with Crippen LogP contribution in [-0.2, 0) is 11.0 Å². The first-order valence-corrected chi connectivity index (χ1v) is 10.1. The van der Waals surface area contributed by atoms with E-state index in [-0.39, 0.29) is 30.1 Å². The number of hydrogen-bond acceptors (Lipinski definition) is 4. The van der Waals surface area contributed by atoms with Crippen molar-refractivity contribution in [1.82, 2.24) is 9.80 Å². The lowest BCUT2D eigenvalue weighted by molar-refractivity contribution is -0.137. The standard InChI is InChI=1S/C22H22F5N3O3/c1-14(19(31)28-16-8-6-15(7-9-16)22(25,26)27)29-10-12-30(13-11-29)20(32)17-4-2-3-5-18(17)33-21(23)24/h2-9,14,21H,10-13H2,1H3,(H,28,31). The first-order chi connectivity index (χ1) is 15.6. The van der Waals surface area contributed by atoms with Gasteiger partial charge in [-0.15, -0.1) is 0 Å². The molecule has 3 rings (SSSR count). The molecule has 1 heterocycles. The molecule has 1 aliphatic heterocycles. The molecule has 1 aliphatic rings.